The van der Waals surface area contributed by atoms with E-state index in [-0.39, 0.29) is 6.04 Å². The maximum Gasteiger partial charge on any atom is 0.0692 e. The summed E-state index contributed by atoms with van der Waals surface area (Å²) in [7, 11) is 0. The molecule has 0 saturated heterocycles. The number of aromatic nitrogens is 3. The lowest BCUT2D eigenvalue weighted by atomic mass is 10.2. The number of aryl methyl sites for hydroxylation is 1. The molecule has 0 bridgehead atoms. The Kier molecular flexibility index (Phi) is 9.49. The number of nitrogens with zero attached hydrogens (tertiary/aromatic N) is 3. The summed E-state index contributed by atoms with van der Waals surface area (Å²) in [5, 5.41) is 7.62. The predicted molar refractivity (Wildman–Crippen MR) is 76.9 cm³/mol. The number of rotatable bonds is 11. The summed E-state index contributed by atoms with van der Waals surface area (Å²) in [6, 6.07) is 0.0265. The molecule has 1 rings (SSSR count). The van der Waals surface area contributed by atoms with Crippen molar-refractivity contribution in [2.45, 2.75) is 38.8 Å². The van der Waals surface area contributed by atoms with Gasteiger partial charge in [0.25, 0.3) is 0 Å². The molecule has 6 heteroatoms. The summed E-state index contributed by atoms with van der Waals surface area (Å²) < 4.78 is 12.7. The zero-order valence-electron chi connectivity index (χ0n) is 12.1. The van der Waals surface area contributed by atoms with Crippen LogP contribution in [0.2, 0.25) is 0 Å². The SMILES string of the molecule is CC#CCCOCCC(N)COCCCn1ccnn1. The van der Waals surface area contributed by atoms with Crippen molar-refractivity contribution in [2.75, 3.05) is 26.4 Å². The summed E-state index contributed by atoms with van der Waals surface area (Å²) in [6.45, 7) is 5.23. The van der Waals surface area contributed by atoms with Crippen LogP contribution in [0.15, 0.2) is 12.4 Å². The van der Waals surface area contributed by atoms with Crippen LogP contribution in [0.3, 0.4) is 0 Å². The van der Waals surface area contributed by atoms with E-state index in [0.717, 1.165) is 25.8 Å². The molecule has 0 aliphatic rings. The molecule has 1 heterocycles. The van der Waals surface area contributed by atoms with Gasteiger partial charge in [-0.25, -0.2) is 0 Å². The lowest BCUT2D eigenvalue weighted by Gasteiger charge is -2.12. The topological polar surface area (TPSA) is 75.2 Å². The molecule has 1 unspecified atom stereocenters. The molecule has 0 spiro atoms. The smallest absolute Gasteiger partial charge is 0.0692 e. The van der Waals surface area contributed by atoms with Crippen molar-refractivity contribution in [3.8, 4) is 11.8 Å². The van der Waals surface area contributed by atoms with Gasteiger partial charge in [-0.05, 0) is 19.8 Å². The van der Waals surface area contributed by atoms with Gasteiger partial charge >= 0.3 is 0 Å². The fourth-order valence-electron chi connectivity index (χ4n) is 1.58. The summed E-state index contributed by atoms with van der Waals surface area (Å²) in [5.41, 5.74) is 5.93. The highest BCUT2D eigenvalue weighted by Crippen LogP contribution is 1.94. The van der Waals surface area contributed by atoms with Gasteiger partial charge in [-0.1, -0.05) is 5.21 Å². The van der Waals surface area contributed by atoms with E-state index in [1.54, 1.807) is 10.9 Å². The van der Waals surface area contributed by atoms with Crippen molar-refractivity contribution < 1.29 is 9.47 Å². The average molecular weight is 280 g/mol. The van der Waals surface area contributed by atoms with E-state index in [2.05, 4.69) is 22.2 Å². The van der Waals surface area contributed by atoms with Crippen LogP contribution >= 0.6 is 0 Å². The molecule has 0 radical (unpaired) electrons. The van der Waals surface area contributed by atoms with E-state index in [0.29, 0.717) is 26.4 Å². The summed E-state index contributed by atoms with van der Waals surface area (Å²) in [5.74, 6) is 5.79. The quantitative estimate of drug-likeness (QED) is 0.480. The highest BCUT2D eigenvalue weighted by molar-refractivity contribution is 4.94. The first-order valence-corrected chi connectivity index (χ1v) is 6.97. The Hall–Kier alpha value is -1.42. The largest absolute Gasteiger partial charge is 0.380 e. The molecule has 6 nitrogen and oxygen atoms in total. The van der Waals surface area contributed by atoms with E-state index in [1.165, 1.54) is 0 Å². The zero-order valence-corrected chi connectivity index (χ0v) is 12.1. The molecular formula is C14H24N4O2. The lowest BCUT2D eigenvalue weighted by molar-refractivity contribution is 0.0908. The molecule has 0 aliphatic carbocycles. The van der Waals surface area contributed by atoms with Crippen LogP contribution in [0.25, 0.3) is 0 Å². The van der Waals surface area contributed by atoms with Crippen molar-refractivity contribution in [1.29, 1.82) is 0 Å². The van der Waals surface area contributed by atoms with Crippen molar-refractivity contribution in [3.05, 3.63) is 12.4 Å². The first-order chi connectivity index (χ1) is 9.83. The Labute approximate surface area is 120 Å². The van der Waals surface area contributed by atoms with Crippen LogP contribution in [-0.2, 0) is 16.0 Å². The standard InChI is InChI=1S/C14H24N4O2/c1-2-3-4-10-19-12-6-14(15)13-20-11-5-8-18-9-7-16-17-18/h7,9,14H,4-6,8,10-13,15H2,1H3. The summed E-state index contributed by atoms with van der Waals surface area (Å²) in [6.07, 6.45) is 6.00. The van der Waals surface area contributed by atoms with Gasteiger partial charge in [-0.15, -0.1) is 16.9 Å². The molecule has 0 aromatic carbocycles. The first-order valence-electron chi connectivity index (χ1n) is 6.97. The molecule has 112 valence electrons. The minimum absolute atomic E-state index is 0.0265. The Balaban J connectivity index is 1.86. The first kappa shape index (κ1) is 16.6. The highest BCUT2D eigenvalue weighted by Gasteiger charge is 2.02. The molecule has 20 heavy (non-hydrogen) atoms. The predicted octanol–water partition coefficient (Wildman–Crippen LogP) is 0.832. The van der Waals surface area contributed by atoms with E-state index >= 15 is 0 Å². The third-order valence-corrected chi connectivity index (χ3v) is 2.66. The van der Waals surface area contributed by atoms with Crippen LogP contribution in [0.5, 0.6) is 0 Å². The second kappa shape index (κ2) is 11.4. The van der Waals surface area contributed by atoms with Crippen LogP contribution in [0.1, 0.15) is 26.2 Å². The molecule has 1 atom stereocenters. The van der Waals surface area contributed by atoms with E-state index in [9.17, 15) is 0 Å². The number of nitrogens with two attached hydrogens (primary N) is 1. The van der Waals surface area contributed by atoms with Gasteiger partial charge in [0.1, 0.15) is 0 Å². The van der Waals surface area contributed by atoms with Crippen LogP contribution < -0.4 is 5.73 Å². The van der Waals surface area contributed by atoms with Crippen LogP contribution in [0, 0.1) is 11.8 Å². The van der Waals surface area contributed by atoms with Crippen molar-refractivity contribution >= 4 is 0 Å². The van der Waals surface area contributed by atoms with Crippen LogP contribution in [-0.4, -0.2) is 47.5 Å². The van der Waals surface area contributed by atoms with Crippen LogP contribution in [0.4, 0.5) is 0 Å². The fraction of sp³-hybridized carbons (Fsp3) is 0.714. The Morgan fingerprint density at radius 3 is 2.95 bits per heavy atom. The molecule has 2 N–H and O–H groups in total. The highest BCUT2D eigenvalue weighted by atomic mass is 16.5. The Bertz CT molecular complexity index is 384. The molecule has 1 aromatic rings. The molecule has 1 aromatic heterocycles. The third-order valence-electron chi connectivity index (χ3n) is 2.66. The van der Waals surface area contributed by atoms with E-state index < -0.39 is 0 Å². The van der Waals surface area contributed by atoms with Gasteiger partial charge < -0.3 is 15.2 Å². The van der Waals surface area contributed by atoms with Crippen molar-refractivity contribution in [3.63, 3.8) is 0 Å². The monoisotopic (exact) mass is 280 g/mol. The van der Waals surface area contributed by atoms with E-state index in [4.69, 9.17) is 15.2 Å². The van der Waals surface area contributed by atoms with Gasteiger partial charge in [0.15, 0.2) is 0 Å². The maximum absolute atomic E-state index is 5.93. The molecule has 0 amide bonds. The van der Waals surface area contributed by atoms with Gasteiger partial charge in [0.2, 0.25) is 0 Å². The minimum atomic E-state index is 0.0265. The third kappa shape index (κ3) is 8.64. The maximum atomic E-state index is 5.93. The molecule has 0 aliphatic heterocycles. The van der Waals surface area contributed by atoms with Crippen molar-refractivity contribution in [1.82, 2.24) is 15.0 Å². The van der Waals surface area contributed by atoms with Gasteiger partial charge in [0.05, 0.1) is 19.4 Å². The summed E-state index contributed by atoms with van der Waals surface area (Å²) in [4.78, 5) is 0. The Morgan fingerprint density at radius 2 is 2.20 bits per heavy atom. The van der Waals surface area contributed by atoms with Gasteiger partial charge in [-0.2, -0.15) is 0 Å². The van der Waals surface area contributed by atoms with E-state index in [1.807, 2.05) is 13.1 Å². The minimum Gasteiger partial charge on any atom is -0.380 e. The number of hydrogen-bond acceptors (Lipinski definition) is 5. The fourth-order valence-corrected chi connectivity index (χ4v) is 1.58. The normalized spacial score (nSPS) is 11.9. The number of hydrogen-bond donors (Lipinski definition) is 1. The van der Waals surface area contributed by atoms with Gasteiger partial charge in [-0.3, -0.25) is 4.68 Å². The number of ether oxygens (including phenoxy) is 2. The second-order valence-electron chi connectivity index (χ2n) is 4.43. The Morgan fingerprint density at radius 1 is 1.30 bits per heavy atom. The molecule has 0 fully saturated rings. The van der Waals surface area contributed by atoms with Crippen molar-refractivity contribution in [2.24, 2.45) is 5.73 Å². The lowest BCUT2D eigenvalue weighted by Crippen LogP contribution is -2.28. The van der Waals surface area contributed by atoms with Gasteiger partial charge in [0, 0.05) is 38.4 Å². The molecular weight excluding hydrogens is 256 g/mol. The average Bonchev–Trinajstić information content (AvgIpc) is 2.95. The zero-order chi connectivity index (χ0) is 14.5. The molecule has 0 saturated carbocycles. The summed E-state index contributed by atoms with van der Waals surface area (Å²) >= 11 is 0. The second-order valence-corrected chi connectivity index (χ2v) is 4.43.